The van der Waals surface area contributed by atoms with Gasteiger partial charge in [-0.2, -0.15) is 0 Å². The fraction of sp³-hybridized carbons (Fsp3) is 0.258. The van der Waals surface area contributed by atoms with Crippen LogP contribution in [-0.4, -0.2) is 46.1 Å². The van der Waals surface area contributed by atoms with E-state index in [9.17, 15) is 19.8 Å². The van der Waals surface area contributed by atoms with Crippen LogP contribution in [0.1, 0.15) is 43.4 Å². The van der Waals surface area contributed by atoms with E-state index in [2.05, 4.69) is 4.99 Å². The molecule has 0 amide bonds. The van der Waals surface area contributed by atoms with Crippen LogP contribution in [0.25, 0.3) is 22.0 Å². The Hall–Kier alpha value is -4.59. The predicted molar refractivity (Wildman–Crippen MR) is 146 cm³/mol. The van der Waals surface area contributed by atoms with Crippen molar-refractivity contribution in [1.82, 2.24) is 4.57 Å². The van der Waals surface area contributed by atoms with Gasteiger partial charge in [-0.05, 0) is 54.7 Å². The molecule has 0 radical (unpaired) electrons. The van der Waals surface area contributed by atoms with Crippen LogP contribution in [0.2, 0.25) is 0 Å². The van der Waals surface area contributed by atoms with Crippen LogP contribution in [0.5, 0.6) is 0 Å². The molecule has 1 aromatic heterocycles. The van der Waals surface area contributed by atoms with Crippen molar-refractivity contribution in [1.29, 1.82) is 0 Å². The highest BCUT2D eigenvalue weighted by Crippen LogP contribution is 2.44. The van der Waals surface area contributed by atoms with Crippen LogP contribution in [0.4, 0.5) is 4.79 Å². The maximum absolute atomic E-state index is 12.8. The van der Waals surface area contributed by atoms with Crippen molar-refractivity contribution in [2.75, 3.05) is 6.61 Å². The standard InChI is InChI=1S/C31H30N2O6/c1-31(2,3)39-30(37)33-17-19(20-10-8-9-15-27(20)33)16-26(28(34)35)32-29(36)38-18-25-23-13-6-4-11-21(23)22-12-5-7-14-24(22)25/h4-15,17,25-26H,16,18H2,1-3H3,(H,32,36)(H,34,35)/p-1/t26-/m1/s1. The predicted octanol–water partition coefficient (Wildman–Crippen LogP) is 4.97. The first kappa shape index (κ1) is 26.0. The zero-order chi connectivity index (χ0) is 27.7. The molecule has 8 nitrogen and oxygen atoms in total. The van der Waals surface area contributed by atoms with Gasteiger partial charge in [-0.25, -0.2) is 9.59 Å². The molecule has 8 heteroatoms. The first-order valence-electron chi connectivity index (χ1n) is 12.7. The van der Waals surface area contributed by atoms with Crippen molar-refractivity contribution in [2.45, 2.75) is 44.8 Å². The van der Waals surface area contributed by atoms with E-state index >= 15 is 0 Å². The van der Waals surface area contributed by atoms with Gasteiger partial charge < -0.3 is 19.7 Å². The normalized spacial score (nSPS) is 14.1. The molecule has 0 unspecified atom stereocenters. The molecule has 39 heavy (non-hydrogen) atoms. The highest BCUT2D eigenvalue weighted by molar-refractivity contribution is 5.92. The summed E-state index contributed by atoms with van der Waals surface area (Å²) < 4.78 is 12.3. The molecule has 1 N–H and O–H groups in total. The first-order chi connectivity index (χ1) is 18.6. The summed E-state index contributed by atoms with van der Waals surface area (Å²) in [4.78, 5) is 28.8. The van der Waals surface area contributed by atoms with Gasteiger partial charge >= 0.3 is 12.1 Å². The minimum atomic E-state index is -1.39. The molecule has 0 saturated carbocycles. The van der Waals surface area contributed by atoms with Crippen LogP contribution in [-0.2, 0) is 20.7 Å². The van der Waals surface area contributed by atoms with Crippen LogP contribution < -0.4 is 5.11 Å². The lowest BCUT2D eigenvalue weighted by molar-refractivity contribution is -0.251. The number of rotatable bonds is 6. The van der Waals surface area contributed by atoms with Crippen molar-refractivity contribution < 1.29 is 29.3 Å². The van der Waals surface area contributed by atoms with E-state index in [1.54, 1.807) is 51.2 Å². The Morgan fingerprint density at radius 3 is 2.18 bits per heavy atom. The number of carbonyl (C=O) groups is 2. The van der Waals surface area contributed by atoms with E-state index in [-0.39, 0.29) is 18.9 Å². The van der Waals surface area contributed by atoms with E-state index in [1.807, 2.05) is 48.5 Å². The number of aliphatic imine (C=N–C) groups is 1. The number of para-hydroxylation sites is 1. The van der Waals surface area contributed by atoms with Gasteiger partial charge in [0.1, 0.15) is 11.7 Å². The zero-order valence-corrected chi connectivity index (χ0v) is 22.0. The van der Waals surface area contributed by atoms with Gasteiger partial charge in [0.05, 0.1) is 5.52 Å². The largest absolute Gasteiger partial charge is 0.599 e. The zero-order valence-electron chi connectivity index (χ0n) is 22.0. The quantitative estimate of drug-likeness (QED) is 0.281. The summed E-state index contributed by atoms with van der Waals surface area (Å²) in [6, 6.07) is 21.6. The summed E-state index contributed by atoms with van der Waals surface area (Å²) in [5.41, 5.74) is 4.72. The molecule has 1 heterocycles. The van der Waals surface area contributed by atoms with Crippen LogP contribution in [0.3, 0.4) is 0 Å². The number of hydrogen-bond acceptors (Lipinski definition) is 6. The fourth-order valence-corrected chi connectivity index (χ4v) is 5.03. The fourth-order valence-electron chi connectivity index (χ4n) is 5.03. The van der Waals surface area contributed by atoms with Crippen molar-refractivity contribution in [3.05, 3.63) is 95.7 Å². The molecule has 1 atom stereocenters. The third kappa shape index (κ3) is 5.36. The van der Waals surface area contributed by atoms with Gasteiger partial charge in [0.2, 0.25) is 0 Å². The second-order valence-electron chi connectivity index (χ2n) is 10.5. The Balaban J connectivity index is 1.36. The average Bonchev–Trinajstić information content (AvgIpc) is 3.42. The molecule has 1 aliphatic carbocycles. The molecule has 3 aromatic carbocycles. The van der Waals surface area contributed by atoms with Crippen molar-refractivity contribution >= 4 is 29.0 Å². The summed E-state index contributed by atoms with van der Waals surface area (Å²) in [5.74, 6) is -1.43. The lowest BCUT2D eigenvalue weighted by Crippen LogP contribution is -2.30. The smallest absolute Gasteiger partial charge is 0.419 e. The number of carboxylic acid groups (broad SMARTS) is 1. The Bertz CT molecular complexity index is 1530. The minimum absolute atomic E-state index is 0.0423. The molecular weight excluding hydrogens is 496 g/mol. The van der Waals surface area contributed by atoms with Crippen LogP contribution in [0, 0.1) is 0 Å². The summed E-state index contributed by atoms with van der Waals surface area (Å²) in [6.07, 6.45) is -0.0805. The maximum Gasteiger partial charge on any atom is 0.419 e. The summed E-state index contributed by atoms with van der Waals surface area (Å²) in [7, 11) is 0. The van der Waals surface area contributed by atoms with Gasteiger partial charge in [-0.1, -0.05) is 66.7 Å². The summed E-state index contributed by atoms with van der Waals surface area (Å²) in [5, 5.41) is 23.3. The second kappa shape index (κ2) is 10.3. The Morgan fingerprint density at radius 1 is 0.974 bits per heavy atom. The van der Waals surface area contributed by atoms with E-state index < -0.39 is 29.8 Å². The third-order valence-electron chi connectivity index (χ3n) is 6.68. The highest BCUT2D eigenvalue weighted by atomic mass is 16.6. The Kier molecular flexibility index (Phi) is 6.87. The highest BCUT2D eigenvalue weighted by Gasteiger charge is 2.27. The van der Waals surface area contributed by atoms with Crippen molar-refractivity contribution in [2.24, 2.45) is 4.99 Å². The average molecular weight is 526 g/mol. The lowest BCUT2D eigenvalue weighted by atomic mass is 9.98. The summed E-state index contributed by atoms with van der Waals surface area (Å²) in [6.45, 7) is 5.35. The number of carboxylic acids is 1. The van der Waals surface area contributed by atoms with Gasteiger partial charge in [-0.15, -0.1) is 0 Å². The molecular formula is C31H29N2O6-. The molecule has 0 saturated heterocycles. The molecule has 0 spiro atoms. The SMILES string of the molecule is CC(C)(C)OC(=O)n1cc(C[C@@H](N=C([O-])OCC2c3ccccc3-c3ccccc32)C(=O)O)c2ccccc21. The molecule has 0 aliphatic heterocycles. The number of carbonyl (C=O) groups excluding carboxylic acids is 1. The number of hydrogen-bond donors (Lipinski definition) is 1. The van der Waals surface area contributed by atoms with E-state index in [0.717, 1.165) is 22.3 Å². The Labute approximate surface area is 226 Å². The maximum atomic E-state index is 12.8. The topological polar surface area (TPSA) is 113 Å². The molecule has 0 bridgehead atoms. The van der Waals surface area contributed by atoms with Crippen LogP contribution >= 0.6 is 0 Å². The number of benzene rings is 3. The molecule has 4 aromatic rings. The van der Waals surface area contributed by atoms with Gasteiger partial charge in [0, 0.05) is 30.5 Å². The first-order valence-corrected chi connectivity index (χ1v) is 12.7. The molecule has 0 fully saturated rings. The minimum Gasteiger partial charge on any atom is -0.599 e. The Morgan fingerprint density at radius 2 is 1.56 bits per heavy atom. The number of fused-ring (bicyclic) bond motifs is 4. The van der Waals surface area contributed by atoms with E-state index in [0.29, 0.717) is 16.5 Å². The van der Waals surface area contributed by atoms with Crippen molar-refractivity contribution in [3.63, 3.8) is 0 Å². The second-order valence-corrected chi connectivity index (χ2v) is 10.5. The third-order valence-corrected chi connectivity index (χ3v) is 6.68. The van der Waals surface area contributed by atoms with E-state index in [1.165, 1.54) is 4.57 Å². The van der Waals surface area contributed by atoms with Crippen LogP contribution in [0.15, 0.2) is 84.0 Å². The number of aromatic nitrogens is 1. The lowest BCUT2D eigenvalue weighted by Gasteiger charge is -2.22. The molecule has 5 rings (SSSR count). The van der Waals surface area contributed by atoms with Gasteiger partial charge in [-0.3, -0.25) is 9.56 Å². The molecule has 200 valence electrons. The monoisotopic (exact) mass is 525 g/mol. The van der Waals surface area contributed by atoms with Gasteiger partial charge in [0.25, 0.3) is 0 Å². The number of nitrogens with zero attached hydrogens (tertiary/aromatic N) is 2. The number of aliphatic carboxylic acids is 1. The van der Waals surface area contributed by atoms with E-state index in [4.69, 9.17) is 9.47 Å². The van der Waals surface area contributed by atoms with Gasteiger partial charge in [0.15, 0.2) is 6.04 Å². The summed E-state index contributed by atoms with van der Waals surface area (Å²) >= 11 is 0. The number of ether oxygens (including phenoxy) is 2. The molecule has 1 aliphatic rings. The van der Waals surface area contributed by atoms with Crippen molar-refractivity contribution in [3.8, 4) is 11.1 Å².